The molecule has 0 amide bonds. The molecule has 4 aliphatic rings. The number of halogens is 3. The molecule has 0 bridgehead atoms. The number of benzene rings is 1. The Kier molecular flexibility index (Phi) is 9.15. The van der Waals surface area contributed by atoms with Crippen molar-refractivity contribution in [3.8, 4) is 0 Å². The van der Waals surface area contributed by atoms with E-state index >= 15 is 0 Å². The summed E-state index contributed by atoms with van der Waals surface area (Å²) < 4.78 is 50.2. The molecule has 0 aliphatic heterocycles. The average Bonchev–Trinajstić information content (AvgIpc) is 3.23. The molecule has 1 N–H and O–H groups in total. The van der Waals surface area contributed by atoms with Gasteiger partial charge in [0.2, 0.25) is 8.32 Å². The first kappa shape index (κ1) is 33.5. The van der Waals surface area contributed by atoms with Gasteiger partial charge in [-0.1, -0.05) is 64.4 Å². The van der Waals surface area contributed by atoms with E-state index in [0.717, 1.165) is 49.1 Å². The van der Waals surface area contributed by atoms with Crippen LogP contribution >= 0.6 is 0 Å². The monoisotopic (exact) mass is 620 g/mol. The second kappa shape index (κ2) is 11.7. The van der Waals surface area contributed by atoms with Gasteiger partial charge in [-0.3, -0.25) is 0 Å². The predicted molar refractivity (Wildman–Crippen MR) is 173 cm³/mol. The lowest BCUT2D eigenvalue weighted by Crippen LogP contribution is -2.57. The van der Waals surface area contributed by atoms with Crippen LogP contribution in [0.15, 0.2) is 30.3 Å². The van der Waals surface area contributed by atoms with Crippen LogP contribution in [0.2, 0.25) is 13.1 Å². The van der Waals surface area contributed by atoms with Gasteiger partial charge in [-0.05, 0) is 149 Å². The van der Waals surface area contributed by atoms with Crippen molar-refractivity contribution in [1.29, 1.82) is 0 Å². The summed E-state index contributed by atoms with van der Waals surface area (Å²) in [7, 11) is -2.76. The van der Waals surface area contributed by atoms with Crippen molar-refractivity contribution in [3.05, 3.63) is 30.3 Å². The highest BCUT2D eigenvalue weighted by molar-refractivity contribution is 6.84. The summed E-state index contributed by atoms with van der Waals surface area (Å²) in [5.41, 5.74) is -2.10. The maximum Gasteiger partial charge on any atom is 0.416 e. The molecule has 4 aliphatic carbocycles. The quantitative estimate of drug-likeness (QED) is 0.293. The van der Waals surface area contributed by atoms with E-state index in [1.54, 1.807) is 0 Å². The topological polar surface area (TPSA) is 29.5 Å². The van der Waals surface area contributed by atoms with Gasteiger partial charge < -0.3 is 9.53 Å². The molecule has 0 aromatic heterocycles. The molecule has 244 valence electrons. The number of rotatable bonds is 8. The fraction of sp³-hybridized carbons (Fsp3) is 0.838. The van der Waals surface area contributed by atoms with Crippen LogP contribution in [-0.4, -0.2) is 30.8 Å². The lowest BCUT2D eigenvalue weighted by molar-refractivity contribution is -0.248. The second-order valence-electron chi connectivity index (χ2n) is 16.7. The van der Waals surface area contributed by atoms with Crippen molar-refractivity contribution >= 4 is 13.5 Å². The van der Waals surface area contributed by atoms with E-state index in [-0.39, 0.29) is 17.8 Å². The molecule has 0 heterocycles. The Bertz CT molecular complexity index is 1110. The van der Waals surface area contributed by atoms with E-state index in [4.69, 9.17) is 4.43 Å². The third kappa shape index (κ3) is 6.04. The summed E-state index contributed by atoms with van der Waals surface area (Å²) in [4.78, 5) is 0. The van der Waals surface area contributed by atoms with Crippen LogP contribution in [0.1, 0.15) is 118 Å². The lowest BCUT2D eigenvalue weighted by Gasteiger charge is -2.59. The van der Waals surface area contributed by atoms with Crippen molar-refractivity contribution in [3.63, 3.8) is 0 Å². The van der Waals surface area contributed by atoms with Crippen LogP contribution < -0.4 is 5.19 Å². The number of hydrogen-bond acceptors (Lipinski definition) is 2. The highest BCUT2D eigenvalue weighted by Crippen LogP contribution is 2.68. The standard InChI is InChI=1S/C37H59F3O2Si/c1-8-36(41)22-12-21-33(3)27(25-36)15-16-29-31-18-17-30(34(31,4)23-20-32(29)33)26(2)19-24-35(5,37(38,39)40)42-43(6,7)28-13-10-9-11-14-28/h9-11,13-14,26-27,29-32,41H,8,12,15-25H2,1-7H3/t26-,27+,29+,30-,31+,32+,33+,34-,35+,36+/m1/s1. The summed E-state index contributed by atoms with van der Waals surface area (Å²) >= 11 is 0. The van der Waals surface area contributed by atoms with Gasteiger partial charge in [-0.2, -0.15) is 13.2 Å². The Morgan fingerprint density at radius 1 is 0.953 bits per heavy atom. The van der Waals surface area contributed by atoms with Crippen LogP contribution in [0.4, 0.5) is 13.2 Å². The first-order chi connectivity index (χ1) is 20.0. The number of hydrogen-bond donors (Lipinski definition) is 1. The number of fused-ring (bicyclic) bond motifs is 5. The first-order valence-electron chi connectivity index (χ1n) is 17.5. The molecule has 0 radical (unpaired) electrons. The molecule has 10 atom stereocenters. The molecule has 5 rings (SSSR count). The number of alkyl halides is 3. The van der Waals surface area contributed by atoms with Gasteiger partial charge in [0.1, 0.15) is 5.60 Å². The van der Waals surface area contributed by atoms with E-state index in [1.807, 2.05) is 43.4 Å². The molecule has 4 fully saturated rings. The predicted octanol–water partition coefficient (Wildman–Crippen LogP) is 10.0. The van der Waals surface area contributed by atoms with Crippen LogP contribution in [0, 0.1) is 46.3 Å². The van der Waals surface area contributed by atoms with E-state index in [0.29, 0.717) is 29.6 Å². The number of aliphatic hydroxyl groups is 1. The molecule has 0 spiro atoms. The van der Waals surface area contributed by atoms with Crippen LogP contribution in [0.25, 0.3) is 0 Å². The van der Waals surface area contributed by atoms with Crippen LogP contribution in [0.5, 0.6) is 0 Å². The fourth-order valence-corrected chi connectivity index (χ4v) is 13.8. The van der Waals surface area contributed by atoms with E-state index < -0.39 is 25.7 Å². The molecule has 43 heavy (non-hydrogen) atoms. The Morgan fingerprint density at radius 2 is 1.63 bits per heavy atom. The molecule has 0 unspecified atom stereocenters. The molecule has 4 saturated carbocycles. The fourth-order valence-electron chi connectivity index (χ4n) is 11.3. The molecule has 6 heteroatoms. The summed E-state index contributed by atoms with van der Waals surface area (Å²) in [5.74, 6) is 3.46. The summed E-state index contributed by atoms with van der Waals surface area (Å²) in [6.45, 7) is 14.5. The maximum absolute atomic E-state index is 14.7. The normalized spacial score (nSPS) is 40.5. The smallest absolute Gasteiger partial charge is 0.399 e. The van der Waals surface area contributed by atoms with Gasteiger partial charge in [0.05, 0.1) is 5.60 Å². The Morgan fingerprint density at radius 3 is 2.28 bits per heavy atom. The molecule has 0 saturated heterocycles. The van der Waals surface area contributed by atoms with Crippen molar-refractivity contribution in [1.82, 2.24) is 0 Å². The third-order valence-electron chi connectivity index (χ3n) is 14.1. The molecule has 1 aromatic carbocycles. The summed E-state index contributed by atoms with van der Waals surface area (Å²) in [6, 6.07) is 9.50. The summed E-state index contributed by atoms with van der Waals surface area (Å²) in [6.07, 6.45) is 8.62. The zero-order valence-electron chi connectivity index (χ0n) is 28.0. The molecule has 1 aromatic rings. The Balaban J connectivity index is 1.28. The van der Waals surface area contributed by atoms with E-state index in [1.165, 1.54) is 45.4 Å². The van der Waals surface area contributed by atoms with Crippen LogP contribution in [0.3, 0.4) is 0 Å². The molecule has 2 nitrogen and oxygen atoms in total. The van der Waals surface area contributed by atoms with Crippen molar-refractivity contribution in [2.75, 3.05) is 0 Å². The zero-order valence-corrected chi connectivity index (χ0v) is 29.0. The van der Waals surface area contributed by atoms with Crippen molar-refractivity contribution in [2.24, 2.45) is 46.3 Å². The average molecular weight is 621 g/mol. The van der Waals surface area contributed by atoms with Gasteiger partial charge in [0.25, 0.3) is 0 Å². The molecular formula is C37H59F3O2Si. The maximum atomic E-state index is 14.7. The summed E-state index contributed by atoms with van der Waals surface area (Å²) in [5, 5.41) is 12.2. The SMILES string of the molecule is CC[C@]1(O)CCC[C@@]2(C)[C@@H](CC[C@@H]3[C@@H]2CC[C@]2(C)[C@@H]([C@H](C)CC[C@](C)(O[Si](C)(C)c4ccccc4)C(F)(F)F)CC[C@@H]32)C1. The minimum atomic E-state index is -4.41. The van der Waals surface area contributed by atoms with Gasteiger partial charge in [0, 0.05) is 0 Å². The largest absolute Gasteiger partial charge is 0.416 e. The highest BCUT2D eigenvalue weighted by Gasteiger charge is 2.61. The van der Waals surface area contributed by atoms with Gasteiger partial charge in [-0.15, -0.1) is 0 Å². The van der Waals surface area contributed by atoms with E-state index in [9.17, 15) is 18.3 Å². The van der Waals surface area contributed by atoms with Gasteiger partial charge >= 0.3 is 6.18 Å². The lowest BCUT2D eigenvalue weighted by atomic mass is 9.45. The minimum Gasteiger partial charge on any atom is -0.399 e. The van der Waals surface area contributed by atoms with Gasteiger partial charge in [-0.25, -0.2) is 0 Å². The highest BCUT2D eigenvalue weighted by atomic mass is 28.4. The van der Waals surface area contributed by atoms with Crippen molar-refractivity contribution in [2.45, 2.75) is 149 Å². The third-order valence-corrected chi connectivity index (χ3v) is 16.8. The Hall–Kier alpha value is -0.853. The van der Waals surface area contributed by atoms with Crippen LogP contribution in [-0.2, 0) is 4.43 Å². The first-order valence-corrected chi connectivity index (χ1v) is 20.4. The second-order valence-corrected chi connectivity index (χ2v) is 20.5. The zero-order chi connectivity index (χ0) is 31.5. The Labute approximate surface area is 261 Å². The van der Waals surface area contributed by atoms with Gasteiger partial charge in [0.15, 0.2) is 0 Å². The minimum absolute atomic E-state index is 0.0182. The van der Waals surface area contributed by atoms with E-state index in [2.05, 4.69) is 27.7 Å². The van der Waals surface area contributed by atoms with Crippen molar-refractivity contribution < 1.29 is 22.7 Å². The molecular weight excluding hydrogens is 561 g/mol.